The summed E-state index contributed by atoms with van der Waals surface area (Å²) in [6.07, 6.45) is 6.38. The van der Waals surface area contributed by atoms with E-state index in [0.717, 1.165) is 57.7 Å². The number of hydrogen-bond acceptors (Lipinski definition) is 2. The highest BCUT2D eigenvalue weighted by atomic mass is 16.5. The van der Waals surface area contributed by atoms with Gasteiger partial charge in [-0.3, -0.25) is 4.99 Å². The first-order chi connectivity index (χ1) is 8.90. The first kappa shape index (κ1) is 13.7. The molecule has 1 saturated heterocycles. The predicted octanol–water partition coefficient (Wildman–Crippen LogP) is 1.86. The number of hydrogen-bond donors (Lipinski definition) is 1. The third kappa shape index (κ3) is 4.84. The highest BCUT2D eigenvalue weighted by Gasteiger charge is 2.20. The van der Waals surface area contributed by atoms with Crippen molar-refractivity contribution in [2.45, 2.75) is 39.0 Å². The van der Waals surface area contributed by atoms with E-state index in [0.29, 0.717) is 0 Å². The fourth-order valence-electron chi connectivity index (χ4n) is 2.24. The number of guanidine groups is 1. The molecule has 0 spiro atoms. The van der Waals surface area contributed by atoms with Gasteiger partial charge in [0.05, 0.1) is 0 Å². The summed E-state index contributed by atoms with van der Waals surface area (Å²) in [4.78, 5) is 7.05. The molecular weight excluding hydrogens is 226 g/mol. The third-order valence-electron chi connectivity index (χ3n) is 3.50. The molecule has 0 amide bonds. The molecule has 1 heterocycles. The number of nitrogens with zero attached hydrogens (tertiary/aromatic N) is 2. The van der Waals surface area contributed by atoms with Gasteiger partial charge in [-0.1, -0.05) is 0 Å². The second-order valence-corrected chi connectivity index (χ2v) is 5.30. The van der Waals surface area contributed by atoms with Crippen LogP contribution >= 0.6 is 0 Å². The maximum absolute atomic E-state index is 5.62. The monoisotopic (exact) mass is 253 g/mol. The maximum atomic E-state index is 5.62. The Morgan fingerprint density at radius 3 is 2.78 bits per heavy atom. The fraction of sp³-hybridized carbons (Fsp3) is 0.929. The molecule has 1 saturated carbocycles. The Balaban J connectivity index is 1.59. The number of ether oxygens (including phenoxy) is 1. The molecule has 2 aliphatic rings. The molecule has 0 radical (unpaired) electrons. The minimum Gasteiger partial charge on any atom is -0.381 e. The summed E-state index contributed by atoms with van der Waals surface area (Å²) in [6, 6.07) is 0. The average molecular weight is 253 g/mol. The Hall–Kier alpha value is -0.770. The van der Waals surface area contributed by atoms with Crippen LogP contribution < -0.4 is 5.32 Å². The topological polar surface area (TPSA) is 36.9 Å². The zero-order valence-corrected chi connectivity index (χ0v) is 11.7. The molecule has 2 rings (SSSR count). The van der Waals surface area contributed by atoms with Crippen molar-refractivity contribution in [3.05, 3.63) is 0 Å². The SMILES string of the molecule is CCNC(=NCCCOCC1CC1)N1CCCC1. The first-order valence-electron chi connectivity index (χ1n) is 7.51. The number of nitrogens with one attached hydrogen (secondary N) is 1. The van der Waals surface area contributed by atoms with Crippen LogP contribution in [0.2, 0.25) is 0 Å². The standard InChI is InChI=1S/C14H27N3O/c1-2-15-14(17-9-3-4-10-17)16-8-5-11-18-12-13-6-7-13/h13H,2-12H2,1H3,(H,15,16). The Kier molecular flexibility index (Phi) is 5.78. The fourth-order valence-corrected chi connectivity index (χ4v) is 2.24. The van der Waals surface area contributed by atoms with Crippen LogP contribution in [0, 0.1) is 5.92 Å². The molecule has 4 heteroatoms. The molecule has 0 atom stereocenters. The van der Waals surface area contributed by atoms with Gasteiger partial charge in [0.2, 0.25) is 0 Å². The lowest BCUT2D eigenvalue weighted by molar-refractivity contribution is 0.123. The first-order valence-corrected chi connectivity index (χ1v) is 7.51. The van der Waals surface area contributed by atoms with Crippen LogP contribution in [0.5, 0.6) is 0 Å². The molecule has 4 nitrogen and oxygen atoms in total. The zero-order valence-electron chi connectivity index (χ0n) is 11.7. The van der Waals surface area contributed by atoms with Gasteiger partial charge in [0.1, 0.15) is 0 Å². The summed E-state index contributed by atoms with van der Waals surface area (Å²) in [5.74, 6) is 1.97. The van der Waals surface area contributed by atoms with Crippen LogP contribution in [0.4, 0.5) is 0 Å². The Bertz CT molecular complexity index is 258. The lowest BCUT2D eigenvalue weighted by atomic mass is 10.4. The van der Waals surface area contributed by atoms with Crippen molar-refractivity contribution in [2.24, 2.45) is 10.9 Å². The van der Waals surface area contributed by atoms with Crippen molar-refractivity contribution in [3.63, 3.8) is 0 Å². The molecule has 0 aromatic carbocycles. The summed E-state index contributed by atoms with van der Waals surface area (Å²) in [5.41, 5.74) is 0. The minimum atomic E-state index is 0.861. The Morgan fingerprint density at radius 2 is 2.11 bits per heavy atom. The van der Waals surface area contributed by atoms with Crippen LogP contribution in [0.1, 0.15) is 39.0 Å². The van der Waals surface area contributed by atoms with Gasteiger partial charge in [-0.15, -0.1) is 0 Å². The minimum absolute atomic E-state index is 0.861. The van der Waals surface area contributed by atoms with Crippen molar-refractivity contribution in [2.75, 3.05) is 39.4 Å². The van der Waals surface area contributed by atoms with Crippen LogP contribution in [-0.2, 0) is 4.74 Å². The number of rotatable bonds is 7. The third-order valence-corrected chi connectivity index (χ3v) is 3.50. The molecule has 1 N–H and O–H groups in total. The lowest BCUT2D eigenvalue weighted by Gasteiger charge is -2.20. The molecule has 1 aliphatic heterocycles. The highest BCUT2D eigenvalue weighted by Crippen LogP contribution is 2.28. The maximum Gasteiger partial charge on any atom is 0.193 e. The molecular formula is C14H27N3O. The van der Waals surface area contributed by atoms with Crippen molar-refractivity contribution in [1.29, 1.82) is 0 Å². The zero-order chi connectivity index (χ0) is 12.6. The smallest absolute Gasteiger partial charge is 0.193 e. The Labute approximate surface area is 111 Å². The van der Waals surface area contributed by atoms with Crippen molar-refractivity contribution in [3.8, 4) is 0 Å². The van der Waals surface area contributed by atoms with E-state index >= 15 is 0 Å². The van der Waals surface area contributed by atoms with Gasteiger partial charge >= 0.3 is 0 Å². The van der Waals surface area contributed by atoms with Gasteiger partial charge in [-0.2, -0.15) is 0 Å². The summed E-state index contributed by atoms with van der Waals surface area (Å²) < 4.78 is 5.62. The molecule has 0 bridgehead atoms. The normalized spacial score (nSPS) is 20.5. The van der Waals surface area contributed by atoms with E-state index in [9.17, 15) is 0 Å². The quantitative estimate of drug-likeness (QED) is 0.427. The molecule has 0 unspecified atom stereocenters. The van der Waals surface area contributed by atoms with Gasteiger partial charge in [-0.05, 0) is 44.9 Å². The van der Waals surface area contributed by atoms with E-state index in [4.69, 9.17) is 4.74 Å². The van der Waals surface area contributed by atoms with Gasteiger partial charge in [-0.25, -0.2) is 0 Å². The van der Waals surface area contributed by atoms with Gasteiger partial charge in [0, 0.05) is 39.4 Å². The van der Waals surface area contributed by atoms with E-state index in [1.54, 1.807) is 0 Å². The average Bonchev–Trinajstić information content (AvgIpc) is 3.04. The summed E-state index contributed by atoms with van der Waals surface area (Å²) in [6.45, 7) is 8.10. The molecule has 0 aromatic heterocycles. The van der Waals surface area contributed by atoms with Gasteiger partial charge < -0.3 is 15.0 Å². The van der Waals surface area contributed by atoms with Crippen LogP contribution in [0.25, 0.3) is 0 Å². The molecule has 2 fully saturated rings. The van der Waals surface area contributed by atoms with E-state index in [-0.39, 0.29) is 0 Å². The highest BCUT2D eigenvalue weighted by molar-refractivity contribution is 5.80. The Morgan fingerprint density at radius 1 is 1.33 bits per heavy atom. The van der Waals surface area contributed by atoms with Crippen molar-refractivity contribution in [1.82, 2.24) is 10.2 Å². The molecule has 0 aromatic rings. The van der Waals surface area contributed by atoms with Gasteiger partial charge in [0.15, 0.2) is 5.96 Å². The second-order valence-electron chi connectivity index (χ2n) is 5.30. The number of aliphatic imine (C=N–C) groups is 1. The summed E-state index contributed by atoms with van der Waals surface area (Å²) in [7, 11) is 0. The van der Waals surface area contributed by atoms with Crippen molar-refractivity contribution >= 4 is 5.96 Å². The lowest BCUT2D eigenvalue weighted by Crippen LogP contribution is -2.39. The van der Waals surface area contributed by atoms with Crippen molar-refractivity contribution < 1.29 is 4.74 Å². The number of likely N-dealkylation sites (tertiary alicyclic amines) is 1. The largest absolute Gasteiger partial charge is 0.381 e. The summed E-state index contributed by atoms with van der Waals surface area (Å²) in [5, 5.41) is 3.38. The molecule has 104 valence electrons. The van der Waals surface area contributed by atoms with Crippen LogP contribution in [-0.4, -0.2) is 50.3 Å². The predicted molar refractivity (Wildman–Crippen MR) is 74.9 cm³/mol. The second kappa shape index (κ2) is 7.62. The van der Waals surface area contributed by atoms with Crippen LogP contribution in [0.15, 0.2) is 4.99 Å². The summed E-state index contributed by atoms with van der Waals surface area (Å²) >= 11 is 0. The molecule has 18 heavy (non-hydrogen) atoms. The van der Waals surface area contributed by atoms with E-state index in [1.165, 1.54) is 25.7 Å². The molecule has 1 aliphatic carbocycles. The van der Waals surface area contributed by atoms with E-state index < -0.39 is 0 Å². The van der Waals surface area contributed by atoms with E-state index in [2.05, 4.69) is 22.1 Å². The van der Waals surface area contributed by atoms with E-state index in [1.807, 2.05) is 0 Å². The van der Waals surface area contributed by atoms with Gasteiger partial charge in [0.25, 0.3) is 0 Å². The van der Waals surface area contributed by atoms with Crippen LogP contribution in [0.3, 0.4) is 0 Å².